The second-order valence-corrected chi connectivity index (χ2v) is 6.65. The number of amides is 1. The number of fused-ring (bicyclic) bond motifs is 1. The van der Waals surface area contributed by atoms with Crippen molar-refractivity contribution in [2.75, 3.05) is 11.9 Å². The number of hydrogen-bond acceptors (Lipinski definition) is 3. The van der Waals surface area contributed by atoms with Crippen LogP contribution < -0.4 is 14.8 Å². The van der Waals surface area contributed by atoms with Crippen molar-refractivity contribution >= 4 is 11.6 Å². The van der Waals surface area contributed by atoms with Gasteiger partial charge in [0.05, 0.1) is 0 Å². The molecule has 3 rings (SSSR count). The molecule has 1 atom stereocenters. The molecular formula is C19H21NO3. The third-order valence-corrected chi connectivity index (χ3v) is 3.79. The molecule has 1 amide bonds. The first kappa shape index (κ1) is 15.4. The smallest absolute Gasteiger partial charge is 0.269 e. The van der Waals surface area contributed by atoms with E-state index in [4.69, 9.17) is 9.47 Å². The van der Waals surface area contributed by atoms with E-state index in [1.165, 1.54) is 0 Å². The summed E-state index contributed by atoms with van der Waals surface area (Å²) in [4.78, 5) is 12.5. The molecule has 23 heavy (non-hydrogen) atoms. The van der Waals surface area contributed by atoms with Gasteiger partial charge in [0.2, 0.25) is 6.10 Å². The maximum Gasteiger partial charge on any atom is 0.269 e. The predicted molar refractivity (Wildman–Crippen MR) is 90.1 cm³/mol. The fourth-order valence-corrected chi connectivity index (χ4v) is 2.61. The van der Waals surface area contributed by atoms with Crippen LogP contribution in [0.15, 0.2) is 48.5 Å². The summed E-state index contributed by atoms with van der Waals surface area (Å²) in [6.45, 7) is 6.57. The Morgan fingerprint density at radius 2 is 1.70 bits per heavy atom. The van der Waals surface area contributed by atoms with Gasteiger partial charge in [-0.05, 0) is 29.2 Å². The molecule has 0 fully saturated rings. The van der Waals surface area contributed by atoms with Gasteiger partial charge in [0.1, 0.15) is 6.61 Å². The molecular weight excluding hydrogens is 290 g/mol. The molecule has 0 spiro atoms. The molecule has 0 saturated carbocycles. The number of hydrogen-bond donors (Lipinski definition) is 1. The van der Waals surface area contributed by atoms with Gasteiger partial charge < -0.3 is 14.8 Å². The number of carbonyl (C=O) groups is 1. The molecule has 1 aliphatic rings. The van der Waals surface area contributed by atoms with Crippen LogP contribution in [0.5, 0.6) is 11.5 Å². The van der Waals surface area contributed by atoms with Gasteiger partial charge in [0.15, 0.2) is 11.5 Å². The Kier molecular flexibility index (Phi) is 3.99. The Morgan fingerprint density at radius 3 is 2.43 bits per heavy atom. The van der Waals surface area contributed by atoms with Gasteiger partial charge in [-0.3, -0.25) is 4.79 Å². The van der Waals surface area contributed by atoms with Crippen LogP contribution in [-0.4, -0.2) is 18.6 Å². The van der Waals surface area contributed by atoms with Crippen molar-refractivity contribution in [3.8, 4) is 11.5 Å². The van der Waals surface area contributed by atoms with Crippen LogP contribution in [0.3, 0.4) is 0 Å². The molecule has 4 heteroatoms. The zero-order valence-electron chi connectivity index (χ0n) is 13.6. The lowest BCUT2D eigenvalue weighted by atomic mass is 9.86. The van der Waals surface area contributed by atoms with Gasteiger partial charge in [-0.15, -0.1) is 0 Å². The number of ether oxygens (including phenoxy) is 2. The maximum absolute atomic E-state index is 12.5. The van der Waals surface area contributed by atoms with E-state index >= 15 is 0 Å². The van der Waals surface area contributed by atoms with Crippen molar-refractivity contribution in [1.29, 1.82) is 0 Å². The average Bonchev–Trinajstić information content (AvgIpc) is 2.54. The van der Waals surface area contributed by atoms with Crippen LogP contribution in [-0.2, 0) is 10.2 Å². The van der Waals surface area contributed by atoms with E-state index in [9.17, 15) is 4.79 Å². The SMILES string of the molecule is CC(C)(C)c1ccccc1NC(=O)C1COc2ccccc2O1. The third-order valence-electron chi connectivity index (χ3n) is 3.79. The first-order valence-corrected chi connectivity index (χ1v) is 7.74. The summed E-state index contributed by atoms with van der Waals surface area (Å²) in [5.74, 6) is 1.07. The molecule has 4 nitrogen and oxygen atoms in total. The molecule has 1 aliphatic heterocycles. The minimum atomic E-state index is -0.655. The Bertz CT molecular complexity index is 719. The van der Waals surface area contributed by atoms with Crippen LogP contribution >= 0.6 is 0 Å². The van der Waals surface area contributed by atoms with Crippen LogP contribution in [0.1, 0.15) is 26.3 Å². The zero-order valence-corrected chi connectivity index (χ0v) is 13.6. The summed E-state index contributed by atoms with van der Waals surface area (Å²) < 4.78 is 11.4. The number of rotatable bonds is 2. The summed E-state index contributed by atoms with van der Waals surface area (Å²) in [7, 11) is 0. The molecule has 2 aromatic rings. The van der Waals surface area contributed by atoms with Gasteiger partial charge >= 0.3 is 0 Å². The monoisotopic (exact) mass is 311 g/mol. The number of nitrogens with one attached hydrogen (secondary N) is 1. The van der Waals surface area contributed by atoms with E-state index in [-0.39, 0.29) is 17.9 Å². The number of anilines is 1. The van der Waals surface area contributed by atoms with Crippen LogP contribution in [0.2, 0.25) is 0 Å². The van der Waals surface area contributed by atoms with E-state index in [1.807, 2.05) is 42.5 Å². The van der Waals surface area contributed by atoms with Crippen molar-refractivity contribution in [1.82, 2.24) is 0 Å². The molecule has 1 N–H and O–H groups in total. The fourth-order valence-electron chi connectivity index (χ4n) is 2.61. The Labute approximate surface area is 136 Å². The quantitative estimate of drug-likeness (QED) is 0.918. The summed E-state index contributed by atoms with van der Waals surface area (Å²) in [6, 6.07) is 15.2. The lowest BCUT2D eigenvalue weighted by Gasteiger charge is -2.27. The minimum absolute atomic E-state index is 0.0552. The molecule has 0 aromatic heterocycles. The van der Waals surface area contributed by atoms with Crippen LogP contribution in [0.4, 0.5) is 5.69 Å². The average molecular weight is 311 g/mol. The molecule has 0 aliphatic carbocycles. The fraction of sp³-hybridized carbons (Fsp3) is 0.316. The van der Waals surface area contributed by atoms with E-state index in [0.717, 1.165) is 11.3 Å². The topological polar surface area (TPSA) is 47.6 Å². The largest absolute Gasteiger partial charge is 0.485 e. The Hall–Kier alpha value is -2.49. The maximum atomic E-state index is 12.5. The molecule has 0 radical (unpaired) electrons. The normalized spacial score (nSPS) is 16.7. The standard InChI is InChI=1S/C19H21NO3/c1-19(2,3)13-8-4-5-9-14(13)20-18(21)17-12-22-15-10-6-7-11-16(15)23-17/h4-11,17H,12H2,1-3H3,(H,20,21). The summed E-state index contributed by atoms with van der Waals surface area (Å²) >= 11 is 0. The first-order valence-electron chi connectivity index (χ1n) is 7.74. The van der Waals surface area contributed by atoms with Gasteiger partial charge in [0.25, 0.3) is 5.91 Å². The number of benzene rings is 2. The highest BCUT2D eigenvalue weighted by Gasteiger charge is 2.28. The van der Waals surface area contributed by atoms with Crippen molar-refractivity contribution in [2.45, 2.75) is 32.3 Å². The summed E-state index contributed by atoms with van der Waals surface area (Å²) in [6.07, 6.45) is -0.655. The molecule has 0 saturated heterocycles. The van der Waals surface area contributed by atoms with Crippen LogP contribution in [0, 0.1) is 0 Å². The van der Waals surface area contributed by atoms with Crippen molar-refractivity contribution in [2.24, 2.45) is 0 Å². The number of para-hydroxylation sites is 3. The zero-order chi connectivity index (χ0) is 16.4. The Balaban J connectivity index is 1.76. The van der Waals surface area contributed by atoms with Crippen LogP contribution in [0.25, 0.3) is 0 Å². The van der Waals surface area contributed by atoms with Gasteiger partial charge in [0, 0.05) is 5.69 Å². The van der Waals surface area contributed by atoms with Gasteiger partial charge in [-0.1, -0.05) is 51.1 Å². The second-order valence-electron chi connectivity index (χ2n) is 6.65. The highest BCUT2D eigenvalue weighted by molar-refractivity contribution is 5.95. The highest BCUT2D eigenvalue weighted by atomic mass is 16.6. The number of carbonyl (C=O) groups excluding carboxylic acids is 1. The van der Waals surface area contributed by atoms with Gasteiger partial charge in [-0.2, -0.15) is 0 Å². The minimum Gasteiger partial charge on any atom is -0.485 e. The molecule has 120 valence electrons. The second kappa shape index (κ2) is 5.95. The molecule has 0 bridgehead atoms. The van der Waals surface area contributed by atoms with Crippen molar-refractivity contribution < 1.29 is 14.3 Å². The summed E-state index contributed by atoms with van der Waals surface area (Å²) in [5.41, 5.74) is 1.85. The molecule has 1 heterocycles. The third kappa shape index (κ3) is 3.31. The van der Waals surface area contributed by atoms with E-state index in [1.54, 1.807) is 6.07 Å². The summed E-state index contributed by atoms with van der Waals surface area (Å²) in [5, 5.41) is 2.97. The Morgan fingerprint density at radius 1 is 1.04 bits per heavy atom. The first-order chi connectivity index (χ1) is 10.9. The van der Waals surface area contributed by atoms with Crippen molar-refractivity contribution in [3.63, 3.8) is 0 Å². The van der Waals surface area contributed by atoms with Gasteiger partial charge in [-0.25, -0.2) is 0 Å². The predicted octanol–water partition coefficient (Wildman–Crippen LogP) is 3.76. The highest BCUT2D eigenvalue weighted by Crippen LogP contribution is 2.32. The van der Waals surface area contributed by atoms with Crippen molar-refractivity contribution in [3.05, 3.63) is 54.1 Å². The lowest BCUT2D eigenvalue weighted by molar-refractivity contribution is -0.125. The lowest BCUT2D eigenvalue weighted by Crippen LogP contribution is -2.40. The van der Waals surface area contributed by atoms with E-state index in [2.05, 4.69) is 26.1 Å². The molecule has 1 unspecified atom stereocenters. The van der Waals surface area contributed by atoms with E-state index < -0.39 is 6.10 Å². The molecule has 2 aromatic carbocycles. The van der Waals surface area contributed by atoms with E-state index in [0.29, 0.717) is 11.5 Å².